The van der Waals surface area contributed by atoms with E-state index in [1.165, 1.54) is 23.8 Å². The lowest BCUT2D eigenvalue weighted by molar-refractivity contribution is -0.232. The number of hydrogen-bond acceptors (Lipinski definition) is 10. The number of fused-ring (bicyclic) bond motifs is 7. The monoisotopic (exact) mass is 542 g/mol. The van der Waals surface area contributed by atoms with Crippen molar-refractivity contribution in [2.24, 2.45) is 10.8 Å². The number of hydrogen-bond donors (Lipinski definition) is 2. The smallest absolute Gasteiger partial charge is 0.331 e. The van der Waals surface area contributed by atoms with E-state index >= 15 is 0 Å². The van der Waals surface area contributed by atoms with Crippen LogP contribution in [0.15, 0.2) is 47.6 Å². The fourth-order valence-electron chi connectivity index (χ4n) is 8.08. The maximum atomic E-state index is 13.2. The van der Waals surface area contributed by atoms with E-state index in [1.807, 2.05) is 0 Å². The summed E-state index contributed by atoms with van der Waals surface area (Å²) in [5.74, 6) is -1.04. The van der Waals surface area contributed by atoms with Crippen LogP contribution in [-0.4, -0.2) is 90.0 Å². The SMILES string of the molecule is CC1=C[C@H]2O[C@@H]3C[C@H]4OC(=O)/C=C\C=C\[C@@]56OC/C(=C\C(=O)OC[C@@]2(CC1)[C@]4(C)[C@]31CO1)C[C@@H]5O[C@@H](O)[C@@H]6O. The molecule has 10 atom stereocenters. The van der Waals surface area contributed by atoms with Gasteiger partial charge in [-0.15, -0.1) is 0 Å². The van der Waals surface area contributed by atoms with E-state index in [-0.39, 0.29) is 31.8 Å². The van der Waals surface area contributed by atoms with Gasteiger partial charge in [0.25, 0.3) is 0 Å². The van der Waals surface area contributed by atoms with Crippen molar-refractivity contribution in [1.82, 2.24) is 0 Å². The minimum atomic E-state index is -1.45. The Balaban J connectivity index is 1.29. The van der Waals surface area contributed by atoms with E-state index in [0.29, 0.717) is 25.0 Å². The van der Waals surface area contributed by atoms with Gasteiger partial charge in [-0.3, -0.25) is 0 Å². The van der Waals surface area contributed by atoms with Crippen molar-refractivity contribution in [3.05, 3.63) is 47.6 Å². The number of esters is 2. The molecule has 3 spiro atoms. The molecule has 10 heteroatoms. The molecule has 0 amide bonds. The van der Waals surface area contributed by atoms with Gasteiger partial charge in [0.2, 0.25) is 0 Å². The molecule has 0 aromatic carbocycles. The van der Waals surface area contributed by atoms with Crippen molar-refractivity contribution in [1.29, 1.82) is 0 Å². The lowest BCUT2D eigenvalue weighted by Gasteiger charge is -2.58. The number of ether oxygens (including phenoxy) is 6. The number of allylic oxidation sites excluding steroid dienone is 3. The van der Waals surface area contributed by atoms with E-state index in [4.69, 9.17) is 28.4 Å². The number of epoxide rings is 1. The first-order valence-corrected chi connectivity index (χ1v) is 13.7. The van der Waals surface area contributed by atoms with Crippen LogP contribution in [0.3, 0.4) is 0 Å². The zero-order chi connectivity index (χ0) is 27.2. The van der Waals surface area contributed by atoms with Crippen molar-refractivity contribution < 1.29 is 48.2 Å². The van der Waals surface area contributed by atoms with Crippen molar-refractivity contribution >= 4 is 11.9 Å². The van der Waals surface area contributed by atoms with E-state index in [1.54, 1.807) is 12.2 Å². The quantitative estimate of drug-likeness (QED) is 0.263. The Labute approximate surface area is 226 Å². The van der Waals surface area contributed by atoms with Gasteiger partial charge in [0, 0.05) is 30.4 Å². The Kier molecular flexibility index (Phi) is 5.64. The maximum absolute atomic E-state index is 13.2. The van der Waals surface area contributed by atoms with E-state index in [0.717, 1.165) is 6.42 Å². The molecule has 10 nitrogen and oxygen atoms in total. The van der Waals surface area contributed by atoms with Crippen molar-refractivity contribution in [3.63, 3.8) is 0 Å². The highest BCUT2D eigenvalue weighted by Crippen LogP contribution is 2.72. The highest BCUT2D eigenvalue weighted by Gasteiger charge is 2.83. The van der Waals surface area contributed by atoms with Crippen LogP contribution in [-0.2, 0) is 38.0 Å². The van der Waals surface area contributed by atoms with Crippen LogP contribution in [0.2, 0.25) is 0 Å². The second kappa shape index (κ2) is 8.58. The Morgan fingerprint density at radius 2 is 1.82 bits per heavy atom. The molecule has 4 bridgehead atoms. The molecular formula is C29H34O10. The highest BCUT2D eigenvalue weighted by atomic mass is 16.7. The third kappa shape index (κ3) is 3.42. The molecule has 0 radical (unpaired) electrons. The van der Waals surface area contributed by atoms with Gasteiger partial charge in [0.15, 0.2) is 6.29 Å². The van der Waals surface area contributed by atoms with Crippen LogP contribution in [0, 0.1) is 10.8 Å². The van der Waals surface area contributed by atoms with Gasteiger partial charge in [-0.25, -0.2) is 9.59 Å². The first-order valence-electron chi connectivity index (χ1n) is 13.7. The zero-order valence-electron chi connectivity index (χ0n) is 22.0. The fraction of sp³-hybridized carbons (Fsp3) is 0.655. The number of carbonyl (C=O) groups is 2. The van der Waals surface area contributed by atoms with Crippen LogP contribution in [0.4, 0.5) is 0 Å². The van der Waals surface area contributed by atoms with Gasteiger partial charge in [-0.1, -0.05) is 30.7 Å². The molecule has 210 valence electrons. The zero-order valence-corrected chi connectivity index (χ0v) is 22.0. The minimum Gasteiger partial charge on any atom is -0.462 e. The predicted octanol–water partition coefficient (Wildman–Crippen LogP) is 1.40. The predicted molar refractivity (Wildman–Crippen MR) is 133 cm³/mol. The van der Waals surface area contributed by atoms with E-state index in [9.17, 15) is 19.8 Å². The van der Waals surface area contributed by atoms with Gasteiger partial charge in [-0.2, -0.15) is 0 Å². The summed E-state index contributed by atoms with van der Waals surface area (Å²) in [5, 5.41) is 20.9. The van der Waals surface area contributed by atoms with Gasteiger partial charge < -0.3 is 38.6 Å². The number of rotatable bonds is 0. The second-order valence-electron chi connectivity index (χ2n) is 12.2. The van der Waals surface area contributed by atoms with E-state index in [2.05, 4.69) is 19.9 Å². The molecule has 8 rings (SSSR count). The standard InChI is InChI=1S/C29H34O10/c1-16-6-8-27-14-34-23(31)11-17-10-20-28(35-13-17,24(32)25(33)39-20)7-4-3-5-22(30)38-18-12-21(37-19(27)9-16)29(15-36-29)26(18,27)2/h3-5,7,9,11,18-21,24-25,32-33H,6,8,10,12-15H2,1-2H3/b5-3-,7-4+,17-11-/t18-,19-,20+,21-,24+,25-,26-,27-,28-,29+/m1/s1. The van der Waals surface area contributed by atoms with Crippen LogP contribution in [0.5, 0.6) is 0 Å². The Bertz CT molecular complexity index is 1210. The number of aliphatic hydroxyl groups is 2. The summed E-state index contributed by atoms with van der Waals surface area (Å²) in [6.07, 6.45) is 7.25. The lowest BCUT2D eigenvalue weighted by atomic mass is 9.51. The fourth-order valence-corrected chi connectivity index (χ4v) is 8.08. The summed E-state index contributed by atoms with van der Waals surface area (Å²) >= 11 is 0. The largest absolute Gasteiger partial charge is 0.462 e. The molecule has 5 fully saturated rings. The van der Waals surface area contributed by atoms with Crippen LogP contribution < -0.4 is 0 Å². The Hall–Kier alpha value is -2.34. The molecular weight excluding hydrogens is 508 g/mol. The highest BCUT2D eigenvalue weighted by molar-refractivity contribution is 5.83. The normalized spacial score (nSPS) is 53.4. The summed E-state index contributed by atoms with van der Waals surface area (Å²) < 4.78 is 36.4. The number of aliphatic hydroxyl groups excluding tert-OH is 2. The summed E-state index contributed by atoms with van der Waals surface area (Å²) in [5.41, 5.74) is -1.37. The molecule has 2 aliphatic carbocycles. The van der Waals surface area contributed by atoms with Crippen LogP contribution >= 0.6 is 0 Å². The molecule has 39 heavy (non-hydrogen) atoms. The molecule has 0 aromatic rings. The van der Waals surface area contributed by atoms with Crippen molar-refractivity contribution in [2.45, 2.75) is 87.5 Å². The minimum absolute atomic E-state index is 0.0477. The topological polar surface area (TPSA) is 133 Å². The molecule has 0 aromatic heterocycles. The van der Waals surface area contributed by atoms with Gasteiger partial charge in [0.1, 0.15) is 30.0 Å². The summed E-state index contributed by atoms with van der Waals surface area (Å²) in [6.45, 7) is 4.81. The van der Waals surface area contributed by atoms with Gasteiger partial charge in [-0.05, 0) is 31.4 Å². The summed E-state index contributed by atoms with van der Waals surface area (Å²) in [7, 11) is 0. The van der Waals surface area contributed by atoms with Gasteiger partial charge >= 0.3 is 11.9 Å². The molecule has 8 aliphatic rings. The third-order valence-electron chi connectivity index (χ3n) is 10.5. The molecule has 2 N–H and O–H groups in total. The number of carbonyl (C=O) groups excluding carboxylic acids is 2. The molecule has 4 saturated heterocycles. The van der Waals surface area contributed by atoms with Crippen molar-refractivity contribution in [2.75, 3.05) is 19.8 Å². The maximum Gasteiger partial charge on any atom is 0.331 e. The summed E-state index contributed by atoms with van der Waals surface area (Å²) in [4.78, 5) is 26.2. The second-order valence-corrected chi connectivity index (χ2v) is 12.2. The van der Waals surface area contributed by atoms with Crippen LogP contribution in [0.1, 0.15) is 39.5 Å². The third-order valence-corrected chi connectivity index (χ3v) is 10.5. The summed E-state index contributed by atoms with van der Waals surface area (Å²) in [6, 6.07) is 0. The first-order chi connectivity index (χ1) is 18.6. The molecule has 6 aliphatic heterocycles. The molecule has 6 heterocycles. The Morgan fingerprint density at radius 1 is 1.00 bits per heavy atom. The average Bonchev–Trinajstić information content (AvgIpc) is 3.64. The van der Waals surface area contributed by atoms with Crippen LogP contribution in [0.25, 0.3) is 0 Å². The average molecular weight is 543 g/mol. The van der Waals surface area contributed by atoms with Crippen molar-refractivity contribution in [3.8, 4) is 0 Å². The Morgan fingerprint density at radius 3 is 2.62 bits per heavy atom. The van der Waals surface area contributed by atoms with E-state index < -0.39 is 58.6 Å². The first kappa shape index (κ1) is 25.6. The lowest BCUT2D eigenvalue weighted by Crippen LogP contribution is -2.66. The van der Waals surface area contributed by atoms with Gasteiger partial charge in [0.05, 0.1) is 36.9 Å². The molecule has 1 saturated carbocycles. The molecule has 0 unspecified atom stereocenters.